The van der Waals surface area contributed by atoms with E-state index in [1.807, 2.05) is 16.7 Å². The molecule has 0 radical (unpaired) electrons. The highest BCUT2D eigenvalue weighted by molar-refractivity contribution is 7.99. The van der Waals surface area contributed by atoms with Gasteiger partial charge in [0.2, 0.25) is 11.8 Å². The number of aromatic nitrogens is 2. The molecule has 1 unspecified atom stereocenters. The van der Waals surface area contributed by atoms with Crippen LogP contribution >= 0.6 is 23.4 Å². The van der Waals surface area contributed by atoms with E-state index in [9.17, 15) is 9.59 Å². The van der Waals surface area contributed by atoms with Gasteiger partial charge < -0.3 is 14.7 Å². The van der Waals surface area contributed by atoms with E-state index in [0.717, 1.165) is 38.2 Å². The van der Waals surface area contributed by atoms with E-state index in [4.69, 9.17) is 11.6 Å². The zero-order valence-corrected chi connectivity index (χ0v) is 19.7. The fraction of sp³-hybridized carbons (Fsp3) is 0.714. The molecule has 0 aromatic carbocycles. The smallest absolute Gasteiger partial charge is 0.233 e. The molecule has 0 saturated carbocycles. The van der Waals surface area contributed by atoms with Gasteiger partial charge in [0, 0.05) is 51.3 Å². The Morgan fingerprint density at radius 2 is 1.87 bits per heavy atom. The second-order valence-corrected chi connectivity index (χ2v) is 9.65. The van der Waals surface area contributed by atoms with Gasteiger partial charge in [0.15, 0.2) is 5.16 Å². The Kier molecular flexibility index (Phi) is 8.22. The standard InChI is InChI=1S/C21H32ClN5O2S/c1-4-5-19(28)27-11-10-26(13-16(27)3)18-12-17(22)23-21(24-18)30-14-20(29)25-8-6-15(2)7-9-25/h12,15-16H,4-11,13-14H2,1-3H3. The molecule has 1 atom stereocenters. The van der Waals surface area contributed by atoms with E-state index in [0.29, 0.717) is 48.0 Å². The van der Waals surface area contributed by atoms with E-state index in [1.165, 1.54) is 11.8 Å². The number of piperazine rings is 1. The molecule has 1 aromatic heterocycles. The van der Waals surface area contributed by atoms with Gasteiger partial charge >= 0.3 is 0 Å². The Morgan fingerprint density at radius 3 is 2.53 bits per heavy atom. The molecule has 2 aliphatic heterocycles. The van der Waals surface area contributed by atoms with Gasteiger partial charge in [-0.1, -0.05) is 37.2 Å². The maximum atomic E-state index is 12.5. The first kappa shape index (κ1) is 23.1. The minimum Gasteiger partial charge on any atom is -0.353 e. The quantitative estimate of drug-likeness (QED) is 0.374. The lowest BCUT2D eigenvalue weighted by Gasteiger charge is -2.40. The van der Waals surface area contributed by atoms with Crippen LogP contribution in [0.25, 0.3) is 0 Å². The van der Waals surface area contributed by atoms with Crippen LogP contribution in [-0.4, -0.2) is 76.1 Å². The molecule has 2 amide bonds. The average Bonchev–Trinajstić information content (AvgIpc) is 2.72. The molecule has 2 aliphatic rings. The zero-order chi connectivity index (χ0) is 21.7. The van der Waals surface area contributed by atoms with Gasteiger partial charge in [-0.05, 0) is 32.1 Å². The van der Waals surface area contributed by atoms with E-state index in [2.05, 4.69) is 28.7 Å². The number of amides is 2. The number of thioether (sulfide) groups is 1. The molecule has 3 rings (SSSR count). The molecule has 1 aromatic rings. The highest BCUT2D eigenvalue weighted by Crippen LogP contribution is 2.25. The number of anilines is 1. The maximum Gasteiger partial charge on any atom is 0.233 e. The van der Waals surface area contributed by atoms with Gasteiger partial charge in [-0.15, -0.1) is 0 Å². The van der Waals surface area contributed by atoms with Crippen molar-refractivity contribution in [3.63, 3.8) is 0 Å². The largest absolute Gasteiger partial charge is 0.353 e. The van der Waals surface area contributed by atoms with E-state index < -0.39 is 0 Å². The molecule has 166 valence electrons. The fourth-order valence-corrected chi connectivity index (χ4v) is 4.97. The summed E-state index contributed by atoms with van der Waals surface area (Å²) >= 11 is 7.59. The van der Waals surface area contributed by atoms with Crippen molar-refractivity contribution < 1.29 is 9.59 Å². The predicted octanol–water partition coefficient (Wildman–Crippen LogP) is 3.32. The third-order valence-electron chi connectivity index (χ3n) is 5.86. The number of rotatable bonds is 6. The topological polar surface area (TPSA) is 69.6 Å². The summed E-state index contributed by atoms with van der Waals surface area (Å²) in [7, 11) is 0. The minimum atomic E-state index is 0.116. The molecule has 0 aliphatic carbocycles. The monoisotopic (exact) mass is 453 g/mol. The van der Waals surface area contributed by atoms with Crippen molar-refractivity contribution in [2.45, 2.75) is 57.7 Å². The number of likely N-dealkylation sites (tertiary alicyclic amines) is 1. The molecule has 30 heavy (non-hydrogen) atoms. The van der Waals surface area contributed by atoms with E-state index in [-0.39, 0.29) is 17.9 Å². The number of nitrogens with zero attached hydrogens (tertiary/aromatic N) is 5. The van der Waals surface area contributed by atoms with Gasteiger partial charge in [0.05, 0.1) is 5.75 Å². The summed E-state index contributed by atoms with van der Waals surface area (Å²) < 4.78 is 0. The first-order valence-corrected chi connectivity index (χ1v) is 12.2. The van der Waals surface area contributed by atoms with Crippen LogP contribution in [-0.2, 0) is 9.59 Å². The molecule has 0 spiro atoms. The van der Waals surface area contributed by atoms with Gasteiger partial charge in [-0.2, -0.15) is 0 Å². The zero-order valence-electron chi connectivity index (χ0n) is 18.1. The van der Waals surface area contributed by atoms with Gasteiger partial charge in [-0.25, -0.2) is 9.97 Å². The summed E-state index contributed by atoms with van der Waals surface area (Å²) in [6.07, 6.45) is 3.59. The molecule has 2 fully saturated rings. The van der Waals surface area contributed by atoms with Crippen LogP contribution in [0.1, 0.15) is 46.5 Å². The minimum absolute atomic E-state index is 0.116. The maximum absolute atomic E-state index is 12.5. The van der Waals surface area contributed by atoms with Gasteiger partial charge in [0.25, 0.3) is 0 Å². The Bertz CT molecular complexity index is 757. The molecule has 9 heteroatoms. The van der Waals surface area contributed by atoms with Crippen molar-refractivity contribution in [1.29, 1.82) is 0 Å². The number of piperidine rings is 1. The number of hydrogen-bond donors (Lipinski definition) is 0. The van der Waals surface area contributed by atoms with Crippen molar-refractivity contribution in [1.82, 2.24) is 19.8 Å². The number of halogens is 1. The van der Waals surface area contributed by atoms with Crippen molar-refractivity contribution in [2.24, 2.45) is 5.92 Å². The third-order valence-corrected chi connectivity index (χ3v) is 6.88. The summed E-state index contributed by atoms with van der Waals surface area (Å²) in [5.41, 5.74) is 0. The van der Waals surface area contributed by atoms with E-state index >= 15 is 0 Å². The third kappa shape index (κ3) is 6.00. The summed E-state index contributed by atoms with van der Waals surface area (Å²) in [5.74, 6) is 2.12. The normalized spacial score (nSPS) is 20.5. The first-order valence-electron chi connectivity index (χ1n) is 10.9. The van der Waals surface area contributed by atoms with Crippen molar-refractivity contribution in [3.05, 3.63) is 11.2 Å². The molecular formula is C21H32ClN5O2S. The van der Waals surface area contributed by atoms with Crippen molar-refractivity contribution in [2.75, 3.05) is 43.4 Å². The van der Waals surface area contributed by atoms with Crippen LogP contribution < -0.4 is 4.90 Å². The second kappa shape index (κ2) is 10.7. The molecule has 2 saturated heterocycles. The van der Waals surface area contributed by atoms with Crippen molar-refractivity contribution >= 4 is 41.0 Å². The van der Waals surface area contributed by atoms with Crippen molar-refractivity contribution in [3.8, 4) is 0 Å². The summed E-state index contributed by atoms with van der Waals surface area (Å²) in [6, 6.07) is 1.88. The summed E-state index contributed by atoms with van der Waals surface area (Å²) in [4.78, 5) is 39.8. The Hall–Kier alpha value is -1.54. The number of carbonyl (C=O) groups excluding carboxylic acids is 2. The lowest BCUT2D eigenvalue weighted by Crippen LogP contribution is -2.54. The Balaban J connectivity index is 1.59. The molecule has 0 N–H and O–H groups in total. The Morgan fingerprint density at radius 1 is 1.13 bits per heavy atom. The average molecular weight is 454 g/mol. The van der Waals surface area contributed by atoms with Gasteiger partial charge in [0.1, 0.15) is 11.0 Å². The molecule has 0 bridgehead atoms. The fourth-order valence-electron chi connectivity index (χ4n) is 3.98. The van der Waals surface area contributed by atoms with Crippen LogP contribution in [0.3, 0.4) is 0 Å². The highest BCUT2D eigenvalue weighted by Gasteiger charge is 2.28. The van der Waals surface area contributed by atoms with Crippen LogP contribution in [0.5, 0.6) is 0 Å². The molecular weight excluding hydrogens is 422 g/mol. The first-order chi connectivity index (χ1) is 14.4. The van der Waals surface area contributed by atoms with Crippen LogP contribution in [0.15, 0.2) is 11.2 Å². The SMILES string of the molecule is CCCC(=O)N1CCN(c2cc(Cl)nc(SCC(=O)N3CCC(C)CC3)n2)CC1C. The summed E-state index contributed by atoms with van der Waals surface area (Å²) in [6.45, 7) is 10.1. The lowest BCUT2D eigenvalue weighted by atomic mass is 9.99. The highest BCUT2D eigenvalue weighted by atomic mass is 35.5. The Labute approximate surface area is 188 Å². The molecule has 3 heterocycles. The number of hydrogen-bond acceptors (Lipinski definition) is 6. The molecule has 7 nitrogen and oxygen atoms in total. The van der Waals surface area contributed by atoms with Crippen LogP contribution in [0.2, 0.25) is 5.15 Å². The predicted molar refractivity (Wildman–Crippen MR) is 121 cm³/mol. The van der Waals surface area contributed by atoms with E-state index in [1.54, 1.807) is 6.07 Å². The lowest BCUT2D eigenvalue weighted by molar-refractivity contribution is -0.133. The summed E-state index contributed by atoms with van der Waals surface area (Å²) in [5, 5.41) is 0.896. The van der Waals surface area contributed by atoms with Crippen LogP contribution in [0.4, 0.5) is 5.82 Å². The van der Waals surface area contributed by atoms with Crippen LogP contribution in [0, 0.1) is 5.92 Å². The number of carbonyl (C=O) groups is 2. The second-order valence-electron chi connectivity index (χ2n) is 8.32. The van der Waals surface area contributed by atoms with Gasteiger partial charge in [-0.3, -0.25) is 9.59 Å².